The lowest BCUT2D eigenvalue weighted by Gasteiger charge is -2.48. The number of carbonyl (C=O) groups is 3. The zero-order chi connectivity index (χ0) is 22.5. The van der Waals surface area contributed by atoms with Crippen molar-refractivity contribution in [1.29, 1.82) is 0 Å². The summed E-state index contributed by atoms with van der Waals surface area (Å²) in [5.74, 6) is -0.631. The number of amides is 1. The maximum Gasteiger partial charge on any atom is 0.327 e. The van der Waals surface area contributed by atoms with E-state index in [2.05, 4.69) is 12.2 Å². The van der Waals surface area contributed by atoms with Crippen LogP contribution in [0.5, 0.6) is 11.5 Å². The molecule has 168 valence electrons. The van der Waals surface area contributed by atoms with E-state index in [1.165, 1.54) is 6.92 Å². The van der Waals surface area contributed by atoms with Gasteiger partial charge in [0, 0.05) is 24.5 Å². The van der Waals surface area contributed by atoms with Crippen LogP contribution < -0.4 is 5.32 Å². The summed E-state index contributed by atoms with van der Waals surface area (Å²) in [6.07, 6.45) is 4.91. The Labute approximate surface area is 185 Å². The van der Waals surface area contributed by atoms with Crippen molar-refractivity contribution in [2.45, 2.75) is 69.2 Å². The highest BCUT2D eigenvalue weighted by atomic mass is 32.2. The summed E-state index contributed by atoms with van der Waals surface area (Å²) in [5, 5.41) is 32.8. The molecule has 8 heteroatoms. The van der Waals surface area contributed by atoms with Crippen molar-refractivity contribution in [2.24, 2.45) is 17.3 Å². The molecule has 1 amide bonds. The first-order valence-corrected chi connectivity index (χ1v) is 11.9. The summed E-state index contributed by atoms with van der Waals surface area (Å²) in [7, 11) is 0. The van der Waals surface area contributed by atoms with Crippen LogP contribution in [0.1, 0.15) is 63.0 Å². The van der Waals surface area contributed by atoms with Crippen LogP contribution in [0, 0.1) is 17.3 Å². The molecule has 0 aliphatic heterocycles. The van der Waals surface area contributed by atoms with Gasteiger partial charge in [0.25, 0.3) is 0 Å². The number of aromatic hydroxyl groups is 2. The fourth-order valence-electron chi connectivity index (χ4n) is 6.18. The summed E-state index contributed by atoms with van der Waals surface area (Å²) >= 11 is 1.15. The molecule has 4 rings (SSSR count). The first kappa shape index (κ1) is 22.0. The quantitative estimate of drug-likeness (QED) is 0.404. The molecular formula is C23H29NO6S. The van der Waals surface area contributed by atoms with E-state index >= 15 is 0 Å². The standard InChI is InChI=1S/C23H29NO6S/c1-11(25)24-17(22(29)30)10-31-21-14-4-3-13-12(15(14)9-18(26)20(21)28)7-8-23(2)16(13)5-6-19(23)27/h9,12-13,16-17,26,28H,3-8,10H2,1-2H3,(H,24,25)(H,29,30)/t12-,13+,16-,17-,23-/m0/s1. The molecule has 0 unspecified atom stereocenters. The normalized spacial score (nSPS) is 30.1. The number of nitrogens with one attached hydrogen (secondary N) is 1. The summed E-state index contributed by atoms with van der Waals surface area (Å²) in [6, 6.07) is 0.573. The summed E-state index contributed by atoms with van der Waals surface area (Å²) in [6.45, 7) is 3.38. The van der Waals surface area contributed by atoms with Gasteiger partial charge in [-0.15, -0.1) is 11.8 Å². The zero-order valence-corrected chi connectivity index (χ0v) is 18.6. The molecule has 1 aromatic carbocycles. The summed E-state index contributed by atoms with van der Waals surface area (Å²) in [5.41, 5.74) is 1.74. The number of phenolic OH excluding ortho intramolecular Hbond substituents is 2. The first-order valence-electron chi connectivity index (χ1n) is 10.9. The zero-order valence-electron chi connectivity index (χ0n) is 17.8. The van der Waals surface area contributed by atoms with Crippen molar-refractivity contribution in [3.8, 4) is 11.5 Å². The molecule has 0 heterocycles. The fraction of sp³-hybridized carbons (Fsp3) is 0.609. The molecule has 0 saturated heterocycles. The molecule has 1 aromatic rings. The Balaban J connectivity index is 1.64. The molecule has 7 nitrogen and oxygen atoms in total. The van der Waals surface area contributed by atoms with Crippen LogP contribution in [0.4, 0.5) is 0 Å². The van der Waals surface area contributed by atoms with Gasteiger partial charge in [-0.25, -0.2) is 4.79 Å². The number of carbonyl (C=O) groups excluding carboxylic acids is 2. The summed E-state index contributed by atoms with van der Waals surface area (Å²) in [4.78, 5) is 35.8. The molecule has 0 aromatic heterocycles. The monoisotopic (exact) mass is 447 g/mol. The highest BCUT2D eigenvalue weighted by Crippen LogP contribution is 2.61. The first-order chi connectivity index (χ1) is 14.6. The maximum atomic E-state index is 12.5. The van der Waals surface area contributed by atoms with Gasteiger partial charge in [0.1, 0.15) is 11.8 Å². The average molecular weight is 448 g/mol. The van der Waals surface area contributed by atoms with Gasteiger partial charge in [0.15, 0.2) is 11.5 Å². The molecule has 31 heavy (non-hydrogen) atoms. The Hall–Kier alpha value is -2.22. The Morgan fingerprint density at radius 2 is 2.00 bits per heavy atom. The van der Waals surface area contributed by atoms with Crippen LogP contribution in [0.2, 0.25) is 0 Å². The minimum atomic E-state index is -1.14. The molecule has 2 fully saturated rings. The molecule has 0 spiro atoms. The van der Waals surface area contributed by atoms with E-state index in [0.29, 0.717) is 35.4 Å². The molecular weight excluding hydrogens is 418 g/mol. The number of hydrogen-bond donors (Lipinski definition) is 4. The third-order valence-corrected chi connectivity index (χ3v) is 8.94. The lowest BCUT2D eigenvalue weighted by molar-refractivity contribution is -0.140. The van der Waals surface area contributed by atoms with Crippen LogP contribution in [0.15, 0.2) is 11.0 Å². The topological polar surface area (TPSA) is 124 Å². The molecule has 2 saturated carbocycles. The number of thioether (sulfide) groups is 1. The predicted octanol–water partition coefficient (Wildman–Crippen LogP) is 3.20. The minimum Gasteiger partial charge on any atom is -0.504 e. The van der Waals surface area contributed by atoms with Gasteiger partial charge in [-0.1, -0.05) is 6.92 Å². The third kappa shape index (κ3) is 3.69. The molecule has 3 aliphatic carbocycles. The second-order valence-corrected chi connectivity index (χ2v) is 10.4. The van der Waals surface area contributed by atoms with Crippen LogP contribution in [0.3, 0.4) is 0 Å². The Kier molecular flexibility index (Phi) is 5.70. The van der Waals surface area contributed by atoms with Crippen LogP contribution >= 0.6 is 11.8 Å². The molecule has 0 bridgehead atoms. The van der Waals surface area contributed by atoms with E-state index in [1.54, 1.807) is 6.07 Å². The predicted molar refractivity (Wildman–Crippen MR) is 115 cm³/mol. The highest BCUT2D eigenvalue weighted by Gasteiger charge is 2.54. The van der Waals surface area contributed by atoms with Gasteiger partial charge in [0.05, 0.1) is 4.90 Å². The number of aliphatic carboxylic acids is 1. The second kappa shape index (κ2) is 8.04. The number of fused-ring (bicyclic) bond motifs is 5. The SMILES string of the molecule is CC(=O)N[C@@H](CSc1c(O)c(O)cc2c1CC[C@@H]1[C@@H]2CC[C@]2(C)C(=O)CC[C@@H]12)C(=O)O. The van der Waals surface area contributed by atoms with Crippen molar-refractivity contribution >= 4 is 29.4 Å². The number of carboxylic acids is 1. The fourth-order valence-corrected chi connectivity index (χ4v) is 7.38. The Morgan fingerprint density at radius 1 is 1.26 bits per heavy atom. The summed E-state index contributed by atoms with van der Waals surface area (Å²) < 4.78 is 0. The van der Waals surface area contributed by atoms with E-state index in [1.807, 2.05) is 0 Å². The van der Waals surface area contributed by atoms with E-state index < -0.39 is 17.9 Å². The maximum absolute atomic E-state index is 12.5. The number of ketones is 1. The van der Waals surface area contributed by atoms with Crippen LogP contribution in [-0.4, -0.2) is 44.8 Å². The van der Waals surface area contributed by atoms with E-state index in [9.17, 15) is 29.7 Å². The van der Waals surface area contributed by atoms with Gasteiger partial charge in [-0.2, -0.15) is 0 Å². The molecule has 0 radical (unpaired) electrons. The minimum absolute atomic E-state index is 0.0433. The lowest BCUT2D eigenvalue weighted by atomic mass is 9.55. The number of phenols is 2. The largest absolute Gasteiger partial charge is 0.504 e. The Morgan fingerprint density at radius 3 is 2.68 bits per heavy atom. The van der Waals surface area contributed by atoms with Gasteiger partial charge in [-0.05, 0) is 67.1 Å². The van der Waals surface area contributed by atoms with Crippen LogP contribution in [0.25, 0.3) is 0 Å². The van der Waals surface area contributed by atoms with Crippen molar-refractivity contribution in [1.82, 2.24) is 5.32 Å². The number of hydrogen-bond acceptors (Lipinski definition) is 6. The van der Waals surface area contributed by atoms with Gasteiger partial charge in [-0.3, -0.25) is 9.59 Å². The lowest BCUT2D eigenvalue weighted by Crippen LogP contribution is -2.42. The van der Waals surface area contributed by atoms with Gasteiger partial charge in [0.2, 0.25) is 5.91 Å². The molecule has 4 N–H and O–H groups in total. The van der Waals surface area contributed by atoms with E-state index in [-0.39, 0.29) is 28.6 Å². The molecule has 5 atom stereocenters. The van der Waals surface area contributed by atoms with Crippen molar-refractivity contribution in [2.75, 3.05) is 5.75 Å². The van der Waals surface area contributed by atoms with Gasteiger partial charge < -0.3 is 20.6 Å². The van der Waals surface area contributed by atoms with Crippen LogP contribution in [-0.2, 0) is 20.8 Å². The smallest absolute Gasteiger partial charge is 0.327 e. The number of rotatable bonds is 5. The highest BCUT2D eigenvalue weighted by molar-refractivity contribution is 7.99. The van der Waals surface area contributed by atoms with E-state index in [4.69, 9.17) is 0 Å². The number of carboxylic acid groups (broad SMARTS) is 1. The van der Waals surface area contributed by atoms with E-state index in [0.717, 1.165) is 48.6 Å². The number of Topliss-reactive ketones (excluding diaryl/α,β-unsaturated/α-hetero) is 1. The third-order valence-electron chi connectivity index (χ3n) is 7.72. The van der Waals surface area contributed by atoms with Crippen molar-refractivity contribution in [3.63, 3.8) is 0 Å². The number of benzene rings is 1. The molecule has 3 aliphatic rings. The second-order valence-electron chi connectivity index (χ2n) is 9.38. The Bertz CT molecular complexity index is 946. The van der Waals surface area contributed by atoms with Crippen molar-refractivity contribution in [3.05, 3.63) is 17.2 Å². The average Bonchev–Trinajstić information content (AvgIpc) is 3.01. The van der Waals surface area contributed by atoms with Gasteiger partial charge >= 0.3 is 5.97 Å². The van der Waals surface area contributed by atoms with Crippen molar-refractivity contribution < 1.29 is 29.7 Å².